The molecule has 0 radical (unpaired) electrons. The van der Waals surface area contributed by atoms with Gasteiger partial charge in [-0.1, -0.05) is 19.1 Å². The van der Waals surface area contributed by atoms with Gasteiger partial charge in [0.1, 0.15) is 0 Å². The number of nitrogens with one attached hydrogen (secondary N) is 1. The lowest BCUT2D eigenvalue weighted by molar-refractivity contribution is 0.340. The minimum atomic E-state index is -3.38. The van der Waals surface area contributed by atoms with Crippen molar-refractivity contribution in [2.24, 2.45) is 0 Å². The number of hydrogen-bond acceptors (Lipinski definition) is 4. The van der Waals surface area contributed by atoms with Crippen molar-refractivity contribution in [2.75, 3.05) is 19.3 Å². The average Bonchev–Trinajstić information content (AvgIpc) is 2.42. The molecule has 112 valence electrons. The molecule has 6 heteroatoms. The summed E-state index contributed by atoms with van der Waals surface area (Å²) < 4.78 is 27.1. The summed E-state index contributed by atoms with van der Waals surface area (Å²) in [5.41, 5.74) is 1.09. The van der Waals surface area contributed by atoms with Gasteiger partial charge >= 0.3 is 0 Å². The van der Waals surface area contributed by atoms with E-state index in [0.29, 0.717) is 16.7 Å². The van der Waals surface area contributed by atoms with Crippen LogP contribution in [0.25, 0.3) is 0 Å². The molecule has 1 heterocycles. The zero-order valence-electron chi connectivity index (χ0n) is 12.2. The number of nitrogens with zero attached hydrogens (tertiary/aromatic N) is 1. The first kappa shape index (κ1) is 15.8. The molecule has 1 aromatic rings. The van der Waals surface area contributed by atoms with Crippen LogP contribution in [0.15, 0.2) is 29.2 Å². The van der Waals surface area contributed by atoms with Crippen LogP contribution in [0.4, 0.5) is 0 Å². The number of hydrogen-bond donors (Lipinski definition) is 1. The Hall–Kier alpha value is -0.560. The highest BCUT2D eigenvalue weighted by molar-refractivity contribution is 8.00. The highest BCUT2D eigenvalue weighted by Gasteiger charge is 2.34. The summed E-state index contributed by atoms with van der Waals surface area (Å²) >= 11 is 1.84. The summed E-state index contributed by atoms with van der Waals surface area (Å²) in [5.74, 6) is 0.864. The zero-order valence-corrected chi connectivity index (χ0v) is 13.8. The lowest BCUT2D eigenvalue weighted by atomic mass is 10.2. The molecular weight excluding hydrogens is 292 g/mol. The smallest absolute Gasteiger partial charge is 0.243 e. The molecule has 0 spiro atoms. The Bertz CT molecular complexity index is 543. The largest absolute Gasteiger partial charge is 0.316 e. The first-order chi connectivity index (χ1) is 9.46. The quantitative estimate of drug-likeness (QED) is 0.922. The third-order valence-corrected chi connectivity index (χ3v) is 7.08. The lowest BCUT2D eigenvalue weighted by Gasteiger charge is -2.36. The summed E-state index contributed by atoms with van der Waals surface area (Å²) in [4.78, 5) is 0.392. The third-order valence-electron chi connectivity index (χ3n) is 3.74. The van der Waals surface area contributed by atoms with E-state index >= 15 is 0 Å². The molecule has 4 nitrogen and oxygen atoms in total. The Kier molecular flexibility index (Phi) is 5.12. The second-order valence-corrected chi connectivity index (χ2v) is 8.48. The second-order valence-electron chi connectivity index (χ2n) is 5.11. The van der Waals surface area contributed by atoms with Crippen LogP contribution in [-0.2, 0) is 16.6 Å². The van der Waals surface area contributed by atoms with Crippen LogP contribution in [0.2, 0.25) is 0 Å². The first-order valence-corrected chi connectivity index (χ1v) is 9.32. The number of thioether (sulfide) groups is 1. The second kappa shape index (κ2) is 6.47. The Morgan fingerprint density at radius 3 is 2.55 bits per heavy atom. The molecule has 2 rings (SSSR count). The fraction of sp³-hybridized carbons (Fsp3) is 0.571. The SMILES string of the molecule is CNCc1ccc(S(=O)(=O)N2CCSC(C)C2C)cc1. The summed E-state index contributed by atoms with van der Waals surface area (Å²) in [6.07, 6.45) is 0. The maximum Gasteiger partial charge on any atom is 0.243 e. The molecule has 0 amide bonds. The van der Waals surface area contributed by atoms with Gasteiger partial charge in [0, 0.05) is 30.1 Å². The zero-order chi connectivity index (χ0) is 14.8. The standard InChI is InChI=1S/C14H22N2O2S2/c1-11-12(2)19-9-8-16(11)20(17,18)14-6-4-13(5-7-14)10-15-3/h4-7,11-12,15H,8-10H2,1-3H3. The van der Waals surface area contributed by atoms with E-state index in [1.807, 2.05) is 37.9 Å². The normalized spacial score (nSPS) is 24.8. The van der Waals surface area contributed by atoms with Crippen molar-refractivity contribution in [3.8, 4) is 0 Å². The topological polar surface area (TPSA) is 49.4 Å². The van der Waals surface area contributed by atoms with Gasteiger partial charge in [0.2, 0.25) is 10.0 Å². The van der Waals surface area contributed by atoms with Gasteiger partial charge in [-0.05, 0) is 31.7 Å². The van der Waals surface area contributed by atoms with E-state index in [9.17, 15) is 8.42 Å². The van der Waals surface area contributed by atoms with E-state index in [2.05, 4.69) is 12.2 Å². The molecule has 1 aromatic carbocycles. The fourth-order valence-electron chi connectivity index (χ4n) is 2.36. The van der Waals surface area contributed by atoms with Crippen LogP contribution in [0.5, 0.6) is 0 Å². The molecule has 1 aliphatic rings. The molecule has 2 unspecified atom stereocenters. The average molecular weight is 314 g/mol. The lowest BCUT2D eigenvalue weighted by Crippen LogP contribution is -2.47. The molecule has 0 aromatic heterocycles. The molecule has 1 fully saturated rings. The number of rotatable bonds is 4. The number of benzene rings is 1. The van der Waals surface area contributed by atoms with E-state index < -0.39 is 10.0 Å². The van der Waals surface area contributed by atoms with Gasteiger partial charge in [-0.15, -0.1) is 0 Å². The highest BCUT2D eigenvalue weighted by Crippen LogP contribution is 2.29. The molecule has 0 saturated carbocycles. The van der Waals surface area contributed by atoms with Gasteiger partial charge in [0.05, 0.1) is 4.90 Å². The van der Waals surface area contributed by atoms with E-state index in [-0.39, 0.29) is 6.04 Å². The van der Waals surface area contributed by atoms with E-state index in [1.165, 1.54) is 0 Å². The van der Waals surface area contributed by atoms with Gasteiger partial charge in [-0.2, -0.15) is 16.1 Å². The highest BCUT2D eigenvalue weighted by atomic mass is 32.2. The summed E-state index contributed by atoms with van der Waals surface area (Å²) in [6, 6.07) is 7.20. The molecule has 20 heavy (non-hydrogen) atoms. The van der Waals surface area contributed by atoms with Crippen molar-refractivity contribution in [2.45, 2.75) is 36.6 Å². The van der Waals surface area contributed by atoms with Crippen molar-refractivity contribution in [3.05, 3.63) is 29.8 Å². The van der Waals surface area contributed by atoms with Crippen molar-refractivity contribution in [1.29, 1.82) is 0 Å². The van der Waals surface area contributed by atoms with Crippen molar-refractivity contribution in [3.63, 3.8) is 0 Å². The van der Waals surface area contributed by atoms with Crippen LogP contribution in [0.1, 0.15) is 19.4 Å². The van der Waals surface area contributed by atoms with Crippen molar-refractivity contribution < 1.29 is 8.42 Å². The maximum atomic E-state index is 12.7. The minimum absolute atomic E-state index is 0.0377. The molecule has 0 aliphatic carbocycles. The van der Waals surface area contributed by atoms with E-state index in [4.69, 9.17) is 0 Å². The van der Waals surface area contributed by atoms with E-state index in [1.54, 1.807) is 16.4 Å². The molecule has 1 N–H and O–H groups in total. The van der Waals surface area contributed by atoms with Gasteiger partial charge in [-0.3, -0.25) is 0 Å². The Morgan fingerprint density at radius 1 is 1.30 bits per heavy atom. The van der Waals surface area contributed by atoms with Gasteiger partial charge in [0.25, 0.3) is 0 Å². The fourth-order valence-corrected chi connectivity index (χ4v) is 5.36. The van der Waals surface area contributed by atoms with Crippen LogP contribution in [0.3, 0.4) is 0 Å². The summed E-state index contributed by atoms with van der Waals surface area (Å²) in [5, 5.41) is 3.39. The minimum Gasteiger partial charge on any atom is -0.316 e. The Labute approximate surface area is 126 Å². The summed E-state index contributed by atoms with van der Waals surface area (Å²) in [6.45, 7) is 5.42. The molecule has 1 aliphatic heterocycles. The maximum absolute atomic E-state index is 12.7. The Balaban J connectivity index is 2.25. The first-order valence-electron chi connectivity index (χ1n) is 6.84. The Morgan fingerprint density at radius 2 is 1.95 bits per heavy atom. The predicted molar refractivity (Wildman–Crippen MR) is 84.5 cm³/mol. The molecule has 1 saturated heterocycles. The molecular formula is C14H22N2O2S2. The van der Waals surface area contributed by atoms with Crippen LogP contribution in [-0.4, -0.2) is 43.4 Å². The van der Waals surface area contributed by atoms with E-state index in [0.717, 1.165) is 17.9 Å². The predicted octanol–water partition coefficient (Wildman–Crippen LogP) is 1.92. The molecule has 0 bridgehead atoms. The number of sulfonamides is 1. The van der Waals surface area contributed by atoms with Crippen LogP contribution < -0.4 is 5.32 Å². The van der Waals surface area contributed by atoms with Crippen molar-refractivity contribution >= 4 is 21.8 Å². The van der Waals surface area contributed by atoms with Gasteiger partial charge in [-0.25, -0.2) is 8.42 Å². The van der Waals surface area contributed by atoms with Crippen molar-refractivity contribution in [1.82, 2.24) is 9.62 Å². The molecule has 2 atom stereocenters. The monoisotopic (exact) mass is 314 g/mol. The van der Waals surface area contributed by atoms with Gasteiger partial charge < -0.3 is 5.32 Å². The summed E-state index contributed by atoms with van der Waals surface area (Å²) in [7, 11) is -1.50. The van der Waals surface area contributed by atoms with Gasteiger partial charge in [0.15, 0.2) is 0 Å². The third kappa shape index (κ3) is 3.19. The van der Waals surface area contributed by atoms with Crippen LogP contribution in [0, 0.1) is 0 Å². The van der Waals surface area contributed by atoms with Crippen LogP contribution >= 0.6 is 11.8 Å².